The Kier molecular flexibility index (Phi) is 4.54. The van der Waals surface area contributed by atoms with Crippen LogP contribution >= 0.6 is 0 Å². The fourth-order valence-corrected chi connectivity index (χ4v) is 0. The van der Waals surface area contributed by atoms with Gasteiger partial charge in [0, 0.05) is 8.80 Å². The molecule has 0 heterocycles. The first-order chi connectivity index (χ1) is 2.94. The predicted octanol–water partition coefficient (Wildman–Crippen LogP) is 2.99. The van der Waals surface area contributed by atoms with Crippen molar-refractivity contribution in [2.75, 3.05) is 0 Å². The number of hydrogen-bond donors (Lipinski definition) is 0. The Morgan fingerprint density at radius 2 is 1.12 bits per heavy atom. The molecule has 0 aliphatic carbocycles. The van der Waals surface area contributed by atoms with E-state index in [1.54, 1.807) is 0 Å². The van der Waals surface area contributed by atoms with E-state index in [1.807, 2.05) is 0 Å². The molecule has 2 radical (unpaired) electrons. The quantitative estimate of drug-likeness (QED) is 0.442. The minimum Gasteiger partial charge on any atom is -0.0709 e. The molecule has 0 saturated carbocycles. The van der Waals surface area contributed by atoms with Gasteiger partial charge >= 0.3 is 0 Å². The van der Waals surface area contributed by atoms with Crippen molar-refractivity contribution in [3.63, 3.8) is 0 Å². The molecule has 0 nitrogen and oxygen atoms in total. The zero-order chi connectivity index (χ0) is 6.08. The van der Waals surface area contributed by atoms with Gasteiger partial charge in [0.05, 0.1) is 0 Å². The largest absolute Gasteiger partial charge is 0.0709 e. The Hall–Kier alpha value is 0.217. The van der Waals surface area contributed by atoms with Crippen molar-refractivity contribution >= 4 is 8.80 Å². The van der Waals surface area contributed by atoms with Gasteiger partial charge in [0.25, 0.3) is 0 Å². The number of hydrogen-bond acceptors (Lipinski definition) is 0. The second-order valence-electron chi connectivity index (χ2n) is 3.25. The van der Waals surface area contributed by atoms with Crippen molar-refractivity contribution < 1.29 is 0 Å². The van der Waals surface area contributed by atoms with Crippen LogP contribution in [0.3, 0.4) is 0 Å². The van der Waals surface area contributed by atoms with Gasteiger partial charge in [0.15, 0.2) is 0 Å². The maximum Gasteiger partial charge on any atom is 0.0470 e. The highest BCUT2D eigenvalue weighted by molar-refractivity contribution is 6.59. The summed E-state index contributed by atoms with van der Waals surface area (Å²) < 4.78 is 0. The molecule has 0 saturated heterocycles. The van der Waals surface area contributed by atoms with E-state index in [-0.39, 0.29) is 16.2 Å². The average Bonchev–Trinajstić information content (AvgIpc) is 1.31. The summed E-state index contributed by atoms with van der Waals surface area (Å²) in [5.41, 5.74) is 0. The highest BCUT2D eigenvalue weighted by Gasteiger charge is 2.15. The molecule has 0 aromatic heterocycles. The zero-order valence-corrected chi connectivity index (χ0v) is 8.00. The van der Waals surface area contributed by atoms with E-state index >= 15 is 0 Å². The highest BCUT2D eigenvalue weighted by Crippen LogP contribution is 2.25. The summed E-state index contributed by atoms with van der Waals surface area (Å²) in [5.74, 6) is 0. The van der Waals surface area contributed by atoms with Crippen molar-refractivity contribution in [2.45, 2.75) is 38.9 Å². The Labute approximate surface area is 55.9 Å². The van der Waals surface area contributed by atoms with E-state index in [0.29, 0.717) is 5.04 Å². The van der Waals surface area contributed by atoms with Gasteiger partial charge in [0.2, 0.25) is 0 Å². The predicted molar refractivity (Wildman–Crippen MR) is 43.6 cm³/mol. The first-order valence-electron chi connectivity index (χ1n) is 2.75. The van der Waals surface area contributed by atoms with Gasteiger partial charge in [-0.25, -0.2) is 0 Å². The fourth-order valence-electron chi connectivity index (χ4n) is 0. The van der Waals surface area contributed by atoms with Crippen LogP contribution in [0.4, 0.5) is 0 Å². The monoisotopic (exact) mass is 130 g/mol. The first kappa shape index (κ1) is 11.1. The first-order valence-corrected chi connectivity index (χ1v) is 5.25. The van der Waals surface area contributed by atoms with Crippen LogP contribution in [-0.4, -0.2) is 8.80 Å². The molecule has 0 bridgehead atoms. The molecule has 0 N–H and O–H groups in total. The summed E-state index contributed by atoms with van der Waals surface area (Å²) >= 11 is 0. The summed E-state index contributed by atoms with van der Waals surface area (Å²) in [5, 5.41) is 0.602. The van der Waals surface area contributed by atoms with Crippen molar-refractivity contribution in [3.05, 3.63) is 7.43 Å². The number of rotatable bonds is 0. The molecule has 0 fully saturated rings. The third-order valence-electron chi connectivity index (χ3n) is 1.50. The molecule has 0 amide bonds. The van der Waals surface area contributed by atoms with Gasteiger partial charge in [-0.3, -0.25) is 0 Å². The smallest absolute Gasteiger partial charge is 0.0470 e. The molecule has 0 aromatic rings. The Morgan fingerprint density at radius 3 is 1.12 bits per heavy atom. The SMILES string of the molecule is C[Si](C)C(C)(C)C.[CH3]. The molecule has 0 aliphatic rings. The van der Waals surface area contributed by atoms with Crippen LogP contribution in [0.2, 0.25) is 18.1 Å². The summed E-state index contributed by atoms with van der Waals surface area (Å²) in [7, 11) is -0.0502. The van der Waals surface area contributed by atoms with Crippen LogP contribution in [0.5, 0.6) is 0 Å². The lowest BCUT2D eigenvalue weighted by molar-refractivity contribution is 0.742. The van der Waals surface area contributed by atoms with Crippen LogP contribution in [0.25, 0.3) is 0 Å². The average molecular weight is 130 g/mol. The van der Waals surface area contributed by atoms with Gasteiger partial charge < -0.3 is 0 Å². The topological polar surface area (TPSA) is 0 Å². The van der Waals surface area contributed by atoms with Crippen LogP contribution in [0, 0.1) is 7.43 Å². The van der Waals surface area contributed by atoms with Crippen molar-refractivity contribution in [1.82, 2.24) is 0 Å². The molecule has 0 unspecified atom stereocenters. The van der Waals surface area contributed by atoms with Crippen LogP contribution < -0.4 is 0 Å². The van der Waals surface area contributed by atoms with E-state index < -0.39 is 0 Å². The third kappa shape index (κ3) is 4.38. The van der Waals surface area contributed by atoms with Crippen LogP contribution in [-0.2, 0) is 0 Å². The molecule has 0 rings (SSSR count). The maximum absolute atomic E-state index is 2.35. The van der Waals surface area contributed by atoms with E-state index in [1.165, 1.54) is 0 Å². The lowest BCUT2D eigenvalue weighted by Crippen LogP contribution is -2.16. The van der Waals surface area contributed by atoms with Gasteiger partial charge in [-0.05, 0) is 5.04 Å². The van der Waals surface area contributed by atoms with Crippen molar-refractivity contribution in [1.29, 1.82) is 0 Å². The molecular formula is C7H18Si. The van der Waals surface area contributed by atoms with Crippen molar-refractivity contribution in [2.24, 2.45) is 0 Å². The second kappa shape index (κ2) is 3.28. The molecule has 0 atom stereocenters. The molecule has 0 spiro atoms. The van der Waals surface area contributed by atoms with Crippen LogP contribution in [0.1, 0.15) is 20.8 Å². The maximum atomic E-state index is 2.35. The van der Waals surface area contributed by atoms with Crippen LogP contribution in [0.15, 0.2) is 0 Å². The summed E-state index contributed by atoms with van der Waals surface area (Å²) in [6, 6.07) is 0. The van der Waals surface area contributed by atoms with E-state index in [2.05, 4.69) is 33.9 Å². The van der Waals surface area contributed by atoms with E-state index in [0.717, 1.165) is 0 Å². The summed E-state index contributed by atoms with van der Waals surface area (Å²) in [6.07, 6.45) is 0. The normalized spacial score (nSPS) is 11.2. The van der Waals surface area contributed by atoms with Gasteiger partial charge in [-0.2, -0.15) is 0 Å². The Balaban J connectivity index is 0. The molecule has 0 aromatic carbocycles. The summed E-state index contributed by atoms with van der Waals surface area (Å²) in [6.45, 7) is 11.6. The Bertz CT molecular complexity index is 49.9. The molecular weight excluding hydrogens is 112 g/mol. The second-order valence-corrected chi connectivity index (χ2v) is 6.75. The zero-order valence-electron chi connectivity index (χ0n) is 7.00. The molecule has 50 valence electrons. The summed E-state index contributed by atoms with van der Waals surface area (Å²) in [4.78, 5) is 0. The minimum atomic E-state index is -0.0502. The molecule has 0 aliphatic heterocycles. The van der Waals surface area contributed by atoms with Gasteiger partial charge in [-0.15, -0.1) is 0 Å². The van der Waals surface area contributed by atoms with Gasteiger partial charge in [-0.1, -0.05) is 41.3 Å². The van der Waals surface area contributed by atoms with Gasteiger partial charge in [0.1, 0.15) is 0 Å². The molecule has 1 heteroatoms. The minimum absolute atomic E-state index is 0. The van der Waals surface area contributed by atoms with E-state index in [4.69, 9.17) is 0 Å². The van der Waals surface area contributed by atoms with Crippen molar-refractivity contribution in [3.8, 4) is 0 Å². The lowest BCUT2D eigenvalue weighted by Gasteiger charge is -2.20. The molecule has 8 heavy (non-hydrogen) atoms. The fraction of sp³-hybridized carbons (Fsp3) is 0.857. The Morgan fingerprint density at radius 1 is 1.00 bits per heavy atom. The lowest BCUT2D eigenvalue weighted by atomic mass is 10.2. The standard InChI is InChI=1S/C6H15Si.CH3/c1-6(2,3)7(4)5;/h1-5H3;1H3. The van der Waals surface area contributed by atoms with E-state index in [9.17, 15) is 0 Å². The third-order valence-corrected chi connectivity index (χ3v) is 4.50. The highest BCUT2D eigenvalue weighted by atomic mass is 28.3.